The number of para-hydroxylation sites is 1. The van der Waals surface area contributed by atoms with Crippen LogP contribution in [0.2, 0.25) is 0 Å². The van der Waals surface area contributed by atoms with Crippen molar-refractivity contribution in [3.05, 3.63) is 29.3 Å². The first-order chi connectivity index (χ1) is 7.40. The fourth-order valence-electron chi connectivity index (χ4n) is 1.00. The van der Waals surface area contributed by atoms with Crippen molar-refractivity contribution in [1.82, 2.24) is 0 Å². The Kier molecular flexibility index (Phi) is 6.23. The van der Waals surface area contributed by atoms with Crippen molar-refractivity contribution < 1.29 is 9.90 Å². The first kappa shape index (κ1) is 14.5. The molecule has 16 heavy (non-hydrogen) atoms. The number of hydrogen-bond acceptors (Lipinski definition) is 2. The van der Waals surface area contributed by atoms with E-state index in [0.29, 0.717) is 0 Å². The van der Waals surface area contributed by atoms with E-state index in [1.807, 2.05) is 39.0 Å². The molecule has 1 aromatic carbocycles. The quantitative estimate of drug-likeness (QED) is 0.757. The summed E-state index contributed by atoms with van der Waals surface area (Å²) in [7, 11) is 0. The highest BCUT2D eigenvalue weighted by Crippen LogP contribution is 2.13. The average molecular weight is 223 g/mol. The Balaban J connectivity index is 0.000000293. The van der Waals surface area contributed by atoms with Gasteiger partial charge in [0.1, 0.15) is 0 Å². The third-order valence-electron chi connectivity index (χ3n) is 2.58. The summed E-state index contributed by atoms with van der Waals surface area (Å²) in [5, 5.41) is 8.18. The summed E-state index contributed by atoms with van der Waals surface area (Å²) in [6.45, 7) is 7.59. The number of carboxylic acids is 1. The molecule has 3 heteroatoms. The highest BCUT2D eigenvalue weighted by Gasteiger charge is 2.05. The summed E-state index contributed by atoms with van der Waals surface area (Å²) < 4.78 is 0. The van der Waals surface area contributed by atoms with Crippen LogP contribution in [-0.2, 0) is 4.79 Å². The van der Waals surface area contributed by atoms with Gasteiger partial charge in [-0.25, -0.2) is 0 Å². The summed E-state index contributed by atoms with van der Waals surface area (Å²) >= 11 is 0. The number of hydrogen-bond donors (Lipinski definition) is 2. The van der Waals surface area contributed by atoms with Gasteiger partial charge >= 0.3 is 5.97 Å². The monoisotopic (exact) mass is 223 g/mol. The molecule has 0 fully saturated rings. The molecule has 0 heterocycles. The van der Waals surface area contributed by atoms with Gasteiger partial charge in [-0.1, -0.05) is 32.0 Å². The van der Waals surface area contributed by atoms with E-state index in [4.69, 9.17) is 10.8 Å². The van der Waals surface area contributed by atoms with Gasteiger partial charge in [0.25, 0.3) is 0 Å². The van der Waals surface area contributed by atoms with Gasteiger partial charge in [-0.3, -0.25) is 4.79 Å². The van der Waals surface area contributed by atoms with E-state index in [9.17, 15) is 4.79 Å². The minimum atomic E-state index is -0.706. The molecule has 3 nitrogen and oxygen atoms in total. The lowest BCUT2D eigenvalue weighted by Crippen LogP contribution is -2.06. The van der Waals surface area contributed by atoms with Crippen LogP contribution in [0.25, 0.3) is 0 Å². The number of benzene rings is 1. The lowest BCUT2D eigenvalue weighted by Gasteiger charge is -2.00. The van der Waals surface area contributed by atoms with Crippen LogP contribution in [-0.4, -0.2) is 11.1 Å². The second-order valence-corrected chi connectivity index (χ2v) is 3.95. The maximum Gasteiger partial charge on any atom is 0.306 e. The molecule has 1 unspecified atom stereocenters. The van der Waals surface area contributed by atoms with E-state index in [2.05, 4.69) is 0 Å². The second-order valence-electron chi connectivity index (χ2n) is 3.95. The van der Waals surface area contributed by atoms with Crippen LogP contribution in [0.3, 0.4) is 0 Å². The van der Waals surface area contributed by atoms with E-state index >= 15 is 0 Å². The number of aliphatic carboxylic acids is 1. The molecular weight excluding hydrogens is 202 g/mol. The summed E-state index contributed by atoms with van der Waals surface area (Å²) in [4.78, 5) is 9.93. The molecule has 3 N–H and O–H groups in total. The van der Waals surface area contributed by atoms with Crippen LogP contribution in [0.5, 0.6) is 0 Å². The van der Waals surface area contributed by atoms with Gasteiger partial charge in [0.2, 0.25) is 0 Å². The smallest absolute Gasteiger partial charge is 0.306 e. The molecule has 0 aliphatic carbocycles. The largest absolute Gasteiger partial charge is 0.481 e. The molecule has 0 amide bonds. The second kappa shape index (κ2) is 6.88. The van der Waals surface area contributed by atoms with Gasteiger partial charge in [0, 0.05) is 5.69 Å². The number of anilines is 1. The fraction of sp³-hybridized carbons (Fsp3) is 0.462. The molecule has 90 valence electrons. The number of carbonyl (C=O) groups is 1. The lowest BCUT2D eigenvalue weighted by molar-refractivity contribution is -0.141. The minimum absolute atomic E-state index is 0.181. The zero-order valence-corrected chi connectivity index (χ0v) is 10.4. The molecule has 0 aliphatic rings. The van der Waals surface area contributed by atoms with Crippen molar-refractivity contribution >= 4 is 11.7 Å². The van der Waals surface area contributed by atoms with Crippen molar-refractivity contribution in [1.29, 1.82) is 0 Å². The van der Waals surface area contributed by atoms with Gasteiger partial charge in [0.15, 0.2) is 0 Å². The van der Waals surface area contributed by atoms with Crippen molar-refractivity contribution in [2.24, 2.45) is 5.92 Å². The van der Waals surface area contributed by atoms with E-state index < -0.39 is 5.97 Å². The number of nitrogen functional groups attached to an aromatic ring is 1. The predicted molar refractivity (Wildman–Crippen MR) is 67.4 cm³/mol. The van der Waals surface area contributed by atoms with Crippen LogP contribution in [0.1, 0.15) is 31.4 Å². The molecule has 0 bridgehead atoms. The van der Waals surface area contributed by atoms with Gasteiger partial charge in [-0.15, -0.1) is 0 Å². The number of carboxylic acid groups (broad SMARTS) is 1. The fourth-order valence-corrected chi connectivity index (χ4v) is 1.00. The van der Waals surface area contributed by atoms with E-state index in [-0.39, 0.29) is 5.92 Å². The van der Waals surface area contributed by atoms with E-state index in [1.165, 1.54) is 0 Å². The molecule has 1 atom stereocenters. The van der Waals surface area contributed by atoms with Crippen LogP contribution >= 0.6 is 0 Å². The Hall–Kier alpha value is -1.51. The Morgan fingerprint density at radius 1 is 1.38 bits per heavy atom. The standard InChI is InChI=1S/C8H11N.C5H10O2/c1-6-4-3-5-7(2)8(6)9;1-3-4(2)5(6)7/h3-5H,9H2,1-2H3;4H,3H2,1-2H3,(H,6,7). The molecule has 0 aromatic heterocycles. The lowest BCUT2D eigenvalue weighted by atomic mass is 10.1. The highest BCUT2D eigenvalue weighted by atomic mass is 16.4. The molecular formula is C13H21NO2. The SMILES string of the molecule is CCC(C)C(=O)O.Cc1cccc(C)c1N. The van der Waals surface area contributed by atoms with Crippen LogP contribution < -0.4 is 5.73 Å². The summed E-state index contributed by atoms with van der Waals surface area (Å²) in [5.41, 5.74) is 8.92. The van der Waals surface area contributed by atoms with E-state index in [1.54, 1.807) is 6.92 Å². The van der Waals surface area contributed by atoms with Gasteiger partial charge in [-0.2, -0.15) is 0 Å². The predicted octanol–water partition coefficient (Wildman–Crippen LogP) is 3.00. The number of rotatable bonds is 2. The van der Waals surface area contributed by atoms with Gasteiger partial charge < -0.3 is 10.8 Å². The van der Waals surface area contributed by atoms with Crippen molar-refractivity contribution in [2.45, 2.75) is 34.1 Å². The maximum absolute atomic E-state index is 9.93. The highest BCUT2D eigenvalue weighted by molar-refractivity contribution is 5.69. The summed E-state index contributed by atoms with van der Waals surface area (Å²) in [6.07, 6.45) is 0.718. The van der Waals surface area contributed by atoms with Crippen LogP contribution in [0, 0.1) is 19.8 Å². The Morgan fingerprint density at radius 3 is 2.00 bits per heavy atom. The molecule has 1 rings (SSSR count). The van der Waals surface area contributed by atoms with E-state index in [0.717, 1.165) is 23.2 Å². The molecule has 0 aliphatic heterocycles. The Labute approximate surface area is 97.3 Å². The Morgan fingerprint density at radius 2 is 1.81 bits per heavy atom. The Bertz CT molecular complexity index is 328. The van der Waals surface area contributed by atoms with Gasteiger partial charge in [-0.05, 0) is 31.4 Å². The molecule has 0 saturated carbocycles. The third-order valence-corrected chi connectivity index (χ3v) is 2.58. The normalized spacial score (nSPS) is 11.2. The molecule has 0 radical (unpaired) electrons. The summed E-state index contributed by atoms with van der Waals surface area (Å²) in [6, 6.07) is 6.05. The number of aryl methyl sites for hydroxylation is 2. The van der Waals surface area contributed by atoms with Gasteiger partial charge in [0.05, 0.1) is 5.92 Å². The zero-order valence-electron chi connectivity index (χ0n) is 10.4. The number of nitrogens with two attached hydrogens (primary N) is 1. The first-order valence-corrected chi connectivity index (χ1v) is 5.44. The third kappa shape index (κ3) is 4.82. The van der Waals surface area contributed by atoms with Crippen LogP contribution in [0.4, 0.5) is 5.69 Å². The topological polar surface area (TPSA) is 63.3 Å². The minimum Gasteiger partial charge on any atom is -0.481 e. The molecule has 0 saturated heterocycles. The maximum atomic E-state index is 9.93. The molecule has 1 aromatic rings. The van der Waals surface area contributed by atoms with Crippen molar-refractivity contribution in [3.63, 3.8) is 0 Å². The molecule has 0 spiro atoms. The summed E-state index contributed by atoms with van der Waals surface area (Å²) in [5.74, 6) is -0.887. The van der Waals surface area contributed by atoms with Crippen LogP contribution in [0.15, 0.2) is 18.2 Å². The van der Waals surface area contributed by atoms with Crippen molar-refractivity contribution in [2.75, 3.05) is 5.73 Å². The zero-order chi connectivity index (χ0) is 12.7. The first-order valence-electron chi connectivity index (χ1n) is 5.44. The average Bonchev–Trinajstić information content (AvgIpc) is 2.25. The van der Waals surface area contributed by atoms with Crippen molar-refractivity contribution in [3.8, 4) is 0 Å².